The molecule has 0 aromatic carbocycles. The third kappa shape index (κ3) is 2.02. The van der Waals surface area contributed by atoms with E-state index in [2.05, 4.69) is 21.0 Å². The highest BCUT2D eigenvalue weighted by atomic mass is 79.9. The van der Waals surface area contributed by atoms with Gasteiger partial charge in [0.25, 0.3) is 0 Å². The Balaban J connectivity index is 2.20. The van der Waals surface area contributed by atoms with Crippen LogP contribution in [0.1, 0.15) is 25.7 Å². The predicted molar refractivity (Wildman–Crippen MR) is 62.2 cm³/mol. The van der Waals surface area contributed by atoms with E-state index >= 15 is 0 Å². The molecule has 2 rings (SSSR count). The summed E-state index contributed by atoms with van der Waals surface area (Å²) in [5.74, 6) is 0. The first-order valence-electron chi connectivity index (χ1n) is 5.31. The van der Waals surface area contributed by atoms with E-state index in [1.165, 1.54) is 30.3 Å². The summed E-state index contributed by atoms with van der Waals surface area (Å²) in [4.78, 5) is 11.7. The monoisotopic (exact) mass is 273 g/mol. The predicted octanol–water partition coefficient (Wildman–Crippen LogP) is 1.54. The molecule has 1 saturated carbocycles. The molecule has 0 N–H and O–H groups in total. The summed E-state index contributed by atoms with van der Waals surface area (Å²) in [7, 11) is 1.74. The maximum Gasteiger partial charge on any atom is 0.345 e. The Bertz CT molecular complexity index is 390. The lowest BCUT2D eigenvalue weighted by atomic mass is 9.89. The van der Waals surface area contributed by atoms with Crippen molar-refractivity contribution in [3.63, 3.8) is 0 Å². The van der Waals surface area contributed by atoms with Crippen molar-refractivity contribution in [2.45, 2.75) is 32.2 Å². The van der Waals surface area contributed by atoms with Crippen LogP contribution in [0.5, 0.6) is 0 Å². The van der Waals surface area contributed by atoms with Crippen LogP contribution in [0.25, 0.3) is 0 Å². The molecule has 0 bridgehead atoms. The molecule has 84 valence electrons. The number of nitrogens with zero attached hydrogens (tertiary/aromatic N) is 3. The van der Waals surface area contributed by atoms with E-state index in [0.29, 0.717) is 0 Å². The second-order valence-corrected chi connectivity index (χ2v) is 5.08. The van der Waals surface area contributed by atoms with Gasteiger partial charge in [-0.3, -0.25) is 4.57 Å². The second kappa shape index (κ2) is 4.12. The van der Waals surface area contributed by atoms with Crippen LogP contribution >= 0.6 is 15.9 Å². The summed E-state index contributed by atoms with van der Waals surface area (Å²) in [5, 5.41) is 5.08. The van der Waals surface area contributed by atoms with Crippen LogP contribution in [0.3, 0.4) is 0 Å². The average molecular weight is 274 g/mol. The van der Waals surface area contributed by atoms with Crippen LogP contribution in [0, 0.1) is 5.41 Å². The summed E-state index contributed by atoms with van der Waals surface area (Å²) >= 11 is 3.57. The molecule has 5 heteroatoms. The van der Waals surface area contributed by atoms with Gasteiger partial charge in [-0.2, -0.15) is 5.10 Å². The van der Waals surface area contributed by atoms with E-state index in [1.807, 2.05) is 0 Å². The lowest BCUT2D eigenvalue weighted by molar-refractivity contribution is 0.273. The van der Waals surface area contributed by atoms with Gasteiger partial charge in [-0.1, -0.05) is 28.8 Å². The molecule has 1 heterocycles. The van der Waals surface area contributed by atoms with Gasteiger partial charge in [0.15, 0.2) is 0 Å². The molecule has 0 amide bonds. The Hall–Kier alpha value is -0.580. The van der Waals surface area contributed by atoms with Crippen LogP contribution in [-0.4, -0.2) is 19.7 Å². The van der Waals surface area contributed by atoms with E-state index in [4.69, 9.17) is 0 Å². The highest BCUT2D eigenvalue weighted by Crippen LogP contribution is 2.40. The lowest BCUT2D eigenvalue weighted by Crippen LogP contribution is -2.32. The zero-order valence-electron chi connectivity index (χ0n) is 8.95. The average Bonchev–Trinajstić information content (AvgIpc) is 2.82. The molecule has 0 spiro atoms. The molecular weight excluding hydrogens is 258 g/mol. The minimum atomic E-state index is -0.0118. The summed E-state index contributed by atoms with van der Waals surface area (Å²) < 4.78 is 3.11. The zero-order valence-corrected chi connectivity index (χ0v) is 10.5. The molecule has 1 fully saturated rings. The molecule has 0 saturated heterocycles. The van der Waals surface area contributed by atoms with E-state index in [0.717, 1.165) is 11.9 Å². The van der Waals surface area contributed by atoms with Crippen LogP contribution in [0.2, 0.25) is 0 Å². The standard InChI is InChI=1S/C10H16BrN3O/c1-13-8-12-14(9(13)15)7-10(6-11)4-2-3-5-10/h8H,2-7H2,1H3. The topological polar surface area (TPSA) is 39.8 Å². The van der Waals surface area contributed by atoms with Crippen molar-refractivity contribution >= 4 is 15.9 Å². The normalized spacial score (nSPS) is 19.6. The van der Waals surface area contributed by atoms with Crippen molar-refractivity contribution in [2.75, 3.05) is 5.33 Å². The number of halogens is 1. The molecule has 1 aromatic heterocycles. The summed E-state index contributed by atoms with van der Waals surface area (Å²) in [6.07, 6.45) is 6.52. The van der Waals surface area contributed by atoms with Gasteiger partial charge >= 0.3 is 5.69 Å². The Morgan fingerprint density at radius 3 is 2.67 bits per heavy atom. The smallest absolute Gasteiger partial charge is 0.285 e. The molecule has 4 nitrogen and oxygen atoms in total. The minimum Gasteiger partial charge on any atom is -0.285 e. The lowest BCUT2D eigenvalue weighted by Gasteiger charge is -2.25. The number of aromatic nitrogens is 3. The quantitative estimate of drug-likeness (QED) is 0.784. The first-order chi connectivity index (χ1) is 7.17. The maximum absolute atomic E-state index is 11.7. The fourth-order valence-electron chi connectivity index (χ4n) is 2.31. The number of alkyl halides is 1. The van der Waals surface area contributed by atoms with E-state index < -0.39 is 0 Å². The molecular formula is C10H16BrN3O. The van der Waals surface area contributed by atoms with Crippen molar-refractivity contribution in [2.24, 2.45) is 12.5 Å². The van der Waals surface area contributed by atoms with Gasteiger partial charge in [0, 0.05) is 12.4 Å². The van der Waals surface area contributed by atoms with Gasteiger partial charge < -0.3 is 0 Å². The van der Waals surface area contributed by atoms with E-state index in [9.17, 15) is 4.79 Å². The number of aryl methyl sites for hydroxylation is 1. The van der Waals surface area contributed by atoms with Crippen molar-refractivity contribution in [3.8, 4) is 0 Å². The molecule has 0 radical (unpaired) electrons. The fraction of sp³-hybridized carbons (Fsp3) is 0.800. The SMILES string of the molecule is Cn1cnn(CC2(CBr)CCCC2)c1=O. The Kier molecular flexibility index (Phi) is 3.00. The van der Waals surface area contributed by atoms with Gasteiger partial charge in [-0.05, 0) is 18.3 Å². The number of rotatable bonds is 3. The molecule has 0 atom stereocenters. The van der Waals surface area contributed by atoms with Crippen molar-refractivity contribution in [3.05, 3.63) is 16.8 Å². The number of hydrogen-bond acceptors (Lipinski definition) is 2. The second-order valence-electron chi connectivity index (χ2n) is 4.52. The highest BCUT2D eigenvalue weighted by Gasteiger charge is 2.34. The van der Waals surface area contributed by atoms with Gasteiger partial charge in [0.2, 0.25) is 0 Å². The molecule has 0 aliphatic heterocycles. The molecule has 1 aliphatic carbocycles. The van der Waals surface area contributed by atoms with Crippen LogP contribution in [0.15, 0.2) is 11.1 Å². The van der Waals surface area contributed by atoms with Crippen LogP contribution in [0.4, 0.5) is 0 Å². The maximum atomic E-state index is 11.7. The van der Waals surface area contributed by atoms with Crippen molar-refractivity contribution in [1.29, 1.82) is 0 Å². The Labute approximate surface area is 97.4 Å². The van der Waals surface area contributed by atoms with Gasteiger partial charge in [-0.25, -0.2) is 9.48 Å². The molecule has 0 unspecified atom stereocenters. The summed E-state index contributed by atoms with van der Waals surface area (Å²) in [6, 6.07) is 0. The van der Waals surface area contributed by atoms with Gasteiger partial charge in [0.1, 0.15) is 6.33 Å². The number of hydrogen-bond donors (Lipinski definition) is 0. The van der Waals surface area contributed by atoms with Crippen LogP contribution in [-0.2, 0) is 13.6 Å². The highest BCUT2D eigenvalue weighted by molar-refractivity contribution is 9.09. The van der Waals surface area contributed by atoms with Crippen molar-refractivity contribution in [1.82, 2.24) is 14.3 Å². The van der Waals surface area contributed by atoms with Gasteiger partial charge in [-0.15, -0.1) is 0 Å². The van der Waals surface area contributed by atoms with Crippen molar-refractivity contribution < 1.29 is 0 Å². The molecule has 1 aliphatic rings. The van der Waals surface area contributed by atoms with Crippen LogP contribution < -0.4 is 5.69 Å². The molecule has 1 aromatic rings. The first kappa shape index (κ1) is 10.9. The molecule has 15 heavy (non-hydrogen) atoms. The third-order valence-electron chi connectivity index (χ3n) is 3.32. The minimum absolute atomic E-state index is 0.0118. The first-order valence-corrected chi connectivity index (χ1v) is 6.43. The van der Waals surface area contributed by atoms with E-state index in [-0.39, 0.29) is 11.1 Å². The summed E-state index contributed by atoms with van der Waals surface area (Å²) in [6.45, 7) is 0.748. The fourth-order valence-corrected chi connectivity index (χ4v) is 3.04. The van der Waals surface area contributed by atoms with Gasteiger partial charge in [0.05, 0.1) is 6.54 Å². The largest absolute Gasteiger partial charge is 0.345 e. The third-order valence-corrected chi connectivity index (χ3v) is 4.51. The zero-order chi connectivity index (χ0) is 10.9. The summed E-state index contributed by atoms with van der Waals surface area (Å²) in [5.41, 5.74) is 0.236. The Morgan fingerprint density at radius 1 is 1.53 bits per heavy atom. The Morgan fingerprint density at radius 2 is 2.20 bits per heavy atom. The van der Waals surface area contributed by atoms with E-state index in [1.54, 1.807) is 18.1 Å².